The highest BCUT2D eigenvalue weighted by molar-refractivity contribution is 6.30. The number of nitriles is 1. The Morgan fingerprint density at radius 1 is 0.867 bits per heavy atom. The minimum absolute atomic E-state index is 0.569. The van der Waals surface area contributed by atoms with E-state index in [4.69, 9.17) is 16.9 Å². The van der Waals surface area contributed by atoms with Crippen LogP contribution in [0.25, 0.3) is 0 Å². The maximum Gasteiger partial charge on any atom is 0.0991 e. The molecule has 30 heavy (non-hydrogen) atoms. The number of nitrogens with one attached hydrogen (secondary N) is 1. The summed E-state index contributed by atoms with van der Waals surface area (Å²) in [5.41, 5.74) is 4.48. The second-order valence-corrected chi connectivity index (χ2v) is 8.47. The number of hydrogen-bond donors (Lipinski definition) is 1. The molecule has 1 aliphatic heterocycles. The highest BCUT2D eigenvalue weighted by Gasteiger charge is 2.29. The third kappa shape index (κ3) is 5.21. The van der Waals surface area contributed by atoms with Crippen molar-refractivity contribution in [2.24, 2.45) is 11.8 Å². The van der Waals surface area contributed by atoms with E-state index in [1.807, 2.05) is 24.3 Å². The van der Waals surface area contributed by atoms with Crippen molar-refractivity contribution >= 4 is 17.3 Å². The number of hydrogen-bond acceptors (Lipinski definition) is 3. The van der Waals surface area contributed by atoms with Crippen LogP contribution in [0.2, 0.25) is 5.02 Å². The highest BCUT2D eigenvalue weighted by atomic mass is 35.5. The van der Waals surface area contributed by atoms with E-state index in [9.17, 15) is 0 Å². The van der Waals surface area contributed by atoms with E-state index in [1.54, 1.807) is 0 Å². The average Bonchev–Trinajstić information content (AvgIpc) is 3.21. The molecule has 0 aliphatic carbocycles. The Kier molecular flexibility index (Phi) is 6.69. The Balaban J connectivity index is 1.52. The van der Waals surface area contributed by atoms with E-state index in [0.29, 0.717) is 17.4 Å². The number of rotatable bonds is 7. The first kappa shape index (κ1) is 20.5. The lowest BCUT2D eigenvalue weighted by Gasteiger charge is -2.30. The number of nitrogens with zero attached hydrogens (tertiary/aromatic N) is 2. The van der Waals surface area contributed by atoms with Gasteiger partial charge in [0.2, 0.25) is 0 Å². The second kappa shape index (κ2) is 9.80. The minimum Gasteiger partial charge on any atom is -0.367 e. The van der Waals surface area contributed by atoms with Crippen molar-refractivity contribution in [3.05, 3.63) is 101 Å². The summed E-state index contributed by atoms with van der Waals surface area (Å²) < 4.78 is 0. The lowest BCUT2D eigenvalue weighted by Crippen LogP contribution is -2.33. The van der Waals surface area contributed by atoms with Gasteiger partial charge in [0.05, 0.1) is 11.6 Å². The summed E-state index contributed by atoms with van der Waals surface area (Å²) in [7, 11) is 0. The van der Waals surface area contributed by atoms with Crippen molar-refractivity contribution in [1.82, 2.24) is 5.32 Å². The van der Waals surface area contributed by atoms with Gasteiger partial charge in [-0.2, -0.15) is 5.26 Å². The van der Waals surface area contributed by atoms with Crippen LogP contribution in [0, 0.1) is 23.2 Å². The molecule has 0 amide bonds. The molecular weight excluding hydrogens is 390 g/mol. The summed E-state index contributed by atoms with van der Waals surface area (Å²) in [4.78, 5) is 2.44. The van der Waals surface area contributed by atoms with Crippen LogP contribution in [-0.2, 0) is 13.0 Å². The fourth-order valence-electron chi connectivity index (χ4n) is 4.26. The number of benzene rings is 3. The van der Waals surface area contributed by atoms with Gasteiger partial charge < -0.3 is 10.2 Å². The maximum atomic E-state index is 9.07. The predicted octanol–water partition coefficient (Wildman–Crippen LogP) is 5.30. The number of anilines is 1. The zero-order chi connectivity index (χ0) is 20.8. The van der Waals surface area contributed by atoms with E-state index in [0.717, 1.165) is 37.6 Å². The van der Waals surface area contributed by atoms with Crippen LogP contribution in [-0.4, -0.2) is 19.6 Å². The Bertz CT molecular complexity index is 978. The monoisotopic (exact) mass is 415 g/mol. The van der Waals surface area contributed by atoms with Crippen LogP contribution in [0.1, 0.15) is 16.7 Å². The molecule has 4 heteroatoms. The number of halogens is 1. The largest absolute Gasteiger partial charge is 0.367 e. The summed E-state index contributed by atoms with van der Waals surface area (Å²) in [5, 5.41) is 13.4. The molecule has 1 N–H and O–H groups in total. The molecule has 0 bridgehead atoms. The molecule has 0 aromatic heterocycles. The first-order chi connectivity index (χ1) is 14.7. The minimum atomic E-state index is 0.569. The molecule has 4 rings (SSSR count). The van der Waals surface area contributed by atoms with Gasteiger partial charge in [0.1, 0.15) is 0 Å². The fourth-order valence-corrected chi connectivity index (χ4v) is 4.38. The van der Waals surface area contributed by atoms with E-state index >= 15 is 0 Å². The molecule has 2 unspecified atom stereocenters. The van der Waals surface area contributed by atoms with E-state index in [2.05, 4.69) is 70.9 Å². The quantitative estimate of drug-likeness (QED) is 0.569. The van der Waals surface area contributed by atoms with Crippen LogP contribution in [0.5, 0.6) is 0 Å². The second-order valence-electron chi connectivity index (χ2n) is 8.03. The molecule has 1 fully saturated rings. The Labute approximate surface area is 183 Å². The van der Waals surface area contributed by atoms with Gasteiger partial charge in [0.25, 0.3) is 0 Å². The van der Waals surface area contributed by atoms with Gasteiger partial charge in [-0.25, -0.2) is 0 Å². The molecule has 152 valence electrons. The Hall–Kier alpha value is -2.80. The standard InChI is InChI=1S/C26H26ClN3/c27-25-10-12-26(13-11-25)30(18-22-8-6-21(15-28)7-9-22)19-24-17-29-16-23(24)14-20-4-2-1-3-5-20/h1-13,23-24,29H,14,16-19H2. The zero-order valence-electron chi connectivity index (χ0n) is 17.0. The van der Waals surface area contributed by atoms with Crippen LogP contribution < -0.4 is 10.2 Å². The van der Waals surface area contributed by atoms with E-state index in [-0.39, 0.29) is 0 Å². The van der Waals surface area contributed by atoms with Gasteiger partial charge >= 0.3 is 0 Å². The van der Waals surface area contributed by atoms with Crippen LogP contribution >= 0.6 is 11.6 Å². The normalized spacial score (nSPS) is 18.1. The molecule has 1 heterocycles. The van der Waals surface area contributed by atoms with Gasteiger partial charge in [-0.1, -0.05) is 54.1 Å². The SMILES string of the molecule is N#Cc1ccc(CN(CC2CNCC2Cc2ccccc2)c2ccc(Cl)cc2)cc1. The molecule has 2 atom stereocenters. The van der Waals surface area contributed by atoms with Crippen molar-refractivity contribution in [1.29, 1.82) is 5.26 Å². The molecule has 1 saturated heterocycles. The molecule has 1 aliphatic rings. The molecule has 3 aromatic rings. The van der Waals surface area contributed by atoms with Gasteiger partial charge in [-0.05, 0) is 78.9 Å². The van der Waals surface area contributed by atoms with Crippen LogP contribution in [0.15, 0.2) is 78.9 Å². The molecule has 0 saturated carbocycles. The molecule has 0 spiro atoms. The first-order valence-corrected chi connectivity index (χ1v) is 10.8. The molecule has 0 radical (unpaired) electrons. The van der Waals surface area contributed by atoms with Gasteiger partial charge in [-0.15, -0.1) is 0 Å². The van der Waals surface area contributed by atoms with Crippen molar-refractivity contribution in [2.45, 2.75) is 13.0 Å². The lowest BCUT2D eigenvalue weighted by atomic mass is 9.89. The summed E-state index contributed by atoms with van der Waals surface area (Å²) >= 11 is 6.13. The van der Waals surface area contributed by atoms with Gasteiger partial charge in [0.15, 0.2) is 0 Å². The Morgan fingerprint density at radius 3 is 2.27 bits per heavy atom. The molecular formula is C26H26ClN3. The predicted molar refractivity (Wildman–Crippen MR) is 124 cm³/mol. The summed E-state index contributed by atoms with van der Waals surface area (Å²) in [5.74, 6) is 1.18. The van der Waals surface area contributed by atoms with Crippen LogP contribution in [0.3, 0.4) is 0 Å². The topological polar surface area (TPSA) is 39.1 Å². The van der Waals surface area contributed by atoms with E-state index < -0.39 is 0 Å². The lowest BCUT2D eigenvalue weighted by molar-refractivity contribution is 0.413. The van der Waals surface area contributed by atoms with Gasteiger partial charge in [-0.3, -0.25) is 0 Å². The van der Waals surface area contributed by atoms with E-state index in [1.165, 1.54) is 16.8 Å². The third-order valence-electron chi connectivity index (χ3n) is 5.92. The molecule has 3 nitrogen and oxygen atoms in total. The third-order valence-corrected chi connectivity index (χ3v) is 6.18. The van der Waals surface area contributed by atoms with Gasteiger partial charge in [0, 0.05) is 23.8 Å². The summed E-state index contributed by atoms with van der Waals surface area (Å²) in [6, 6.07) is 29.0. The first-order valence-electron chi connectivity index (χ1n) is 10.5. The van der Waals surface area contributed by atoms with Crippen molar-refractivity contribution in [3.63, 3.8) is 0 Å². The van der Waals surface area contributed by atoms with Crippen molar-refractivity contribution in [2.75, 3.05) is 24.5 Å². The summed E-state index contributed by atoms with van der Waals surface area (Å²) in [6.45, 7) is 3.88. The smallest absolute Gasteiger partial charge is 0.0991 e. The summed E-state index contributed by atoms with van der Waals surface area (Å²) in [6.07, 6.45) is 1.10. The van der Waals surface area contributed by atoms with Crippen molar-refractivity contribution < 1.29 is 0 Å². The maximum absolute atomic E-state index is 9.07. The van der Waals surface area contributed by atoms with Crippen molar-refractivity contribution in [3.8, 4) is 6.07 Å². The fraction of sp³-hybridized carbons (Fsp3) is 0.269. The zero-order valence-corrected chi connectivity index (χ0v) is 17.7. The molecule has 3 aromatic carbocycles. The highest BCUT2D eigenvalue weighted by Crippen LogP contribution is 2.27. The Morgan fingerprint density at radius 2 is 1.57 bits per heavy atom. The van der Waals surface area contributed by atoms with Crippen LogP contribution in [0.4, 0.5) is 5.69 Å². The average molecular weight is 416 g/mol.